The molecule has 3 rings (SSSR count). The zero-order chi connectivity index (χ0) is 19.1. The average molecular weight is 376 g/mol. The SMILES string of the molecule is CCC.COc1ccc(-c2nc3ccc(Cl)cc3n2OCC(N)=O)cc1. The molecule has 2 N–H and O–H groups in total. The first-order valence-electron chi connectivity index (χ1n) is 8.24. The largest absolute Gasteiger partial charge is 0.497 e. The second-order valence-corrected chi connectivity index (χ2v) is 5.97. The molecule has 0 bridgehead atoms. The van der Waals surface area contributed by atoms with Crippen LogP contribution in [0.4, 0.5) is 0 Å². The third-order valence-corrected chi connectivity index (χ3v) is 3.49. The van der Waals surface area contributed by atoms with Gasteiger partial charge in [0.1, 0.15) is 11.3 Å². The quantitative estimate of drug-likeness (QED) is 0.737. The Kier molecular flexibility index (Phi) is 6.86. The van der Waals surface area contributed by atoms with Crippen LogP contribution in [0.1, 0.15) is 20.3 Å². The molecule has 1 amide bonds. The Balaban J connectivity index is 0.000000758. The van der Waals surface area contributed by atoms with Gasteiger partial charge in [-0.1, -0.05) is 31.9 Å². The fraction of sp³-hybridized carbons (Fsp3) is 0.263. The number of benzene rings is 2. The Bertz CT molecular complexity index is 876. The number of nitrogens with two attached hydrogens (primary N) is 1. The summed E-state index contributed by atoms with van der Waals surface area (Å²) in [5.74, 6) is 0.707. The summed E-state index contributed by atoms with van der Waals surface area (Å²) in [5, 5.41) is 0.544. The van der Waals surface area contributed by atoms with E-state index in [-0.39, 0.29) is 6.61 Å². The van der Waals surface area contributed by atoms with Crippen molar-refractivity contribution in [2.24, 2.45) is 5.73 Å². The Morgan fingerprint density at radius 3 is 2.42 bits per heavy atom. The molecule has 0 radical (unpaired) electrons. The van der Waals surface area contributed by atoms with Crippen LogP contribution in [0, 0.1) is 0 Å². The van der Waals surface area contributed by atoms with E-state index in [1.54, 1.807) is 25.3 Å². The molecular formula is C19H22ClN3O3. The molecule has 1 heterocycles. The van der Waals surface area contributed by atoms with E-state index in [2.05, 4.69) is 18.8 Å². The molecule has 0 aliphatic carbocycles. The first kappa shape index (κ1) is 19.6. The molecule has 0 aliphatic rings. The highest BCUT2D eigenvalue weighted by molar-refractivity contribution is 6.31. The summed E-state index contributed by atoms with van der Waals surface area (Å²) in [4.78, 5) is 21.1. The van der Waals surface area contributed by atoms with Crippen LogP contribution >= 0.6 is 11.6 Å². The fourth-order valence-corrected chi connectivity index (χ4v) is 2.37. The predicted octanol–water partition coefficient (Wildman–Crippen LogP) is 3.70. The summed E-state index contributed by atoms with van der Waals surface area (Å²) in [6.45, 7) is 3.99. The van der Waals surface area contributed by atoms with Gasteiger partial charge in [0.05, 0.1) is 12.6 Å². The van der Waals surface area contributed by atoms with Crippen molar-refractivity contribution in [1.29, 1.82) is 0 Å². The predicted molar refractivity (Wildman–Crippen MR) is 103 cm³/mol. The Labute approximate surface area is 157 Å². The molecule has 0 saturated heterocycles. The summed E-state index contributed by atoms with van der Waals surface area (Å²) in [5.41, 5.74) is 7.33. The summed E-state index contributed by atoms with van der Waals surface area (Å²) in [6.07, 6.45) is 1.25. The van der Waals surface area contributed by atoms with Crippen molar-refractivity contribution in [2.45, 2.75) is 20.3 Å². The first-order chi connectivity index (χ1) is 12.5. The lowest BCUT2D eigenvalue weighted by molar-refractivity contribution is -0.122. The number of rotatable bonds is 5. The van der Waals surface area contributed by atoms with E-state index in [1.807, 2.05) is 24.3 Å². The number of carbonyl (C=O) groups excluding carboxylic acids is 1. The minimum Gasteiger partial charge on any atom is -0.497 e. The molecule has 3 aromatic rings. The number of methoxy groups -OCH3 is 1. The van der Waals surface area contributed by atoms with E-state index in [1.165, 1.54) is 11.2 Å². The van der Waals surface area contributed by atoms with E-state index in [0.29, 0.717) is 21.9 Å². The molecule has 7 heteroatoms. The van der Waals surface area contributed by atoms with Crippen molar-refractivity contribution in [3.63, 3.8) is 0 Å². The Morgan fingerprint density at radius 1 is 1.19 bits per heavy atom. The second kappa shape index (κ2) is 9.10. The van der Waals surface area contributed by atoms with E-state index < -0.39 is 5.91 Å². The number of hydrogen-bond donors (Lipinski definition) is 1. The van der Waals surface area contributed by atoms with Crippen molar-refractivity contribution in [3.8, 4) is 17.1 Å². The molecule has 0 atom stereocenters. The number of imidazole rings is 1. The maximum Gasteiger partial charge on any atom is 0.258 e. The molecule has 0 fully saturated rings. The highest BCUT2D eigenvalue weighted by Gasteiger charge is 2.15. The first-order valence-corrected chi connectivity index (χ1v) is 8.61. The third kappa shape index (κ3) is 4.67. The number of fused-ring (bicyclic) bond motifs is 1. The highest BCUT2D eigenvalue weighted by Crippen LogP contribution is 2.27. The molecule has 1 aromatic heterocycles. The van der Waals surface area contributed by atoms with Gasteiger partial charge in [0.2, 0.25) is 0 Å². The van der Waals surface area contributed by atoms with E-state index >= 15 is 0 Å². The molecule has 0 saturated carbocycles. The van der Waals surface area contributed by atoms with E-state index in [0.717, 1.165) is 11.3 Å². The van der Waals surface area contributed by atoms with Gasteiger partial charge in [0, 0.05) is 10.6 Å². The minimum atomic E-state index is -0.574. The Morgan fingerprint density at radius 2 is 1.85 bits per heavy atom. The molecule has 0 unspecified atom stereocenters. The number of amides is 1. The monoisotopic (exact) mass is 375 g/mol. The third-order valence-electron chi connectivity index (χ3n) is 3.26. The van der Waals surface area contributed by atoms with E-state index in [4.69, 9.17) is 26.9 Å². The number of aromatic nitrogens is 2. The van der Waals surface area contributed by atoms with Gasteiger partial charge in [-0.15, -0.1) is 0 Å². The van der Waals surface area contributed by atoms with Crippen LogP contribution in [0.2, 0.25) is 5.02 Å². The van der Waals surface area contributed by atoms with Crippen LogP contribution in [-0.4, -0.2) is 29.3 Å². The van der Waals surface area contributed by atoms with Crippen molar-refractivity contribution in [2.75, 3.05) is 13.7 Å². The molecule has 0 spiro atoms. The van der Waals surface area contributed by atoms with Gasteiger partial charge in [-0.25, -0.2) is 4.98 Å². The topological polar surface area (TPSA) is 79.4 Å². The van der Waals surface area contributed by atoms with Gasteiger partial charge in [0.15, 0.2) is 12.4 Å². The Hall–Kier alpha value is -2.73. The lowest BCUT2D eigenvalue weighted by atomic mass is 10.2. The normalized spacial score (nSPS) is 10.2. The lowest BCUT2D eigenvalue weighted by Gasteiger charge is -2.10. The van der Waals surface area contributed by atoms with Gasteiger partial charge in [-0.2, -0.15) is 4.73 Å². The minimum absolute atomic E-state index is 0.263. The maximum absolute atomic E-state index is 11.0. The number of primary amides is 1. The summed E-state index contributed by atoms with van der Waals surface area (Å²) in [7, 11) is 1.60. The van der Waals surface area contributed by atoms with Crippen LogP contribution in [-0.2, 0) is 4.79 Å². The van der Waals surface area contributed by atoms with Crippen molar-refractivity contribution < 1.29 is 14.4 Å². The van der Waals surface area contributed by atoms with Crippen molar-refractivity contribution in [1.82, 2.24) is 9.71 Å². The summed E-state index contributed by atoms with van der Waals surface area (Å²) < 4.78 is 6.62. The number of nitrogens with zero attached hydrogens (tertiary/aromatic N) is 2. The van der Waals surface area contributed by atoms with Gasteiger partial charge >= 0.3 is 0 Å². The van der Waals surface area contributed by atoms with Crippen LogP contribution < -0.4 is 15.3 Å². The second-order valence-electron chi connectivity index (χ2n) is 5.54. The zero-order valence-corrected chi connectivity index (χ0v) is 15.8. The molecule has 26 heavy (non-hydrogen) atoms. The summed E-state index contributed by atoms with van der Waals surface area (Å²) >= 11 is 6.04. The maximum atomic E-state index is 11.0. The van der Waals surface area contributed by atoms with E-state index in [9.17, 15) is 4.79 Å². The van der Waals surface area contributed by atoms with Gasteiger partial charge < -0.3 is 15.3 Å². The average Bonchev–Trinajstić information content (AvgIpc) is 2.98. The number of carbonyl (C=O) groups is 1. The molecular weight excluding hydrogens is 354 g/mol. The zero-order valence-electron chi connectivity index (χ0n) is 15.0. The van der Waals surface area contributed by atoms with Gasteiger partial charge in [0.25, 0.3) is 5.91 Å². The fourth-order valence-electron chi connectivity index (χ4n) is 2.21. The van der Waals surface area contributed by atoms with Crippen LogP contribution in [0.5, 0.6) is 5.75 Å². The van der Waals surface area contributed by atoms with Crippen LogP contribution in [0.15, 0.2) is 42.5 Å². The van der Waals surface area contributed by atoms with Crippen LogP contribution in [0.25, 0.3) is 22.4 Å². The standard InChI is InChI=1S/C16H14ClN3O3.C3H8/c1-22-12-5-2-10(3-6-12)16-19-13-7-4-11(17)8-14(13)20(16)23-9-15(18)21;1-3-2/h2-8H,9H2,1H3,(H2,18,21);3H2,1-2H3. The summed E-state index contributed by atoms with van der Waals surface area (Å²) in [6, 6.07) is 12.6. The van der Waals surface area contributed by atoms with Crippen molar-refractivity contribution in [3.05, 3.63) is 47.5 Å². The number of ether oxygens (including phenoxy) is 1. The van der Waals surface area contributed by atoms with Crippen LogP contribution in [0.3, 0.4) is 0 Å². The molecule has 2 aromatic carbocycles. The number of hydrogen-bond acceptors (Lipinski definition) is 4. The molecule has 0 aliphatic heterocycles. The molecule has 138 valence electrons. The highest BCUT2D eigenvalue weighted by atomic mass is 35.5. The van der Waals surface area contributed by atoms with Gasteiger partial charge in [-0.3, -0.25) is 4.79 Å². The lowest BCUT2D eigenvalue weighted by Crippen LogP contribution is -2.26. The smallest absolute Gasteiger partial charge is 0.258 e. The number of halogens is 1. The molecule has 6 nitrogen and oxygen atoms in total. The van der Waals surface area contributed by atoms with Crippen molar-refractivity contribution >= 4 is 28.5 Å². The van der Waals surface area contributed by atoms with Gasteiger partial charge in [-0.05, 0) is 42.5 Å².